The van der Waals surface area contributed by atoms with Gasteiger partial charge in [0.05, 0.1) is 6.26 Å². The molecule has 0 heterocycles. The number of hydrogen-bond donors (Lipinski definition) is 1. The lowest BCUT2D eigenvalue weighted by molar-refractivity contribution is -0.0498. The van der Waals surface area contributed by atoms with E-state index < -0.39 is 16.6 Å². The molecule has 0 aromatic heterocycles. The van der Waals surface area contributed by atoms with Gasteiger partial charge in [0.1, 0.15) is 5.75 Å². The Balaban J connectivity index is 2.49. The third-order valence-electron chi connectivity index (χ3n) is 3.83. The molecule has 1 aromatic carbocycles. The summed E-state index contributed by atoms with van der Waals surface area (Å²) in [5, 5.41) is 3.19. The molecule has 0 saturated carbocycles. The van der Waals surface area contributed by atoms with Gasteiger partial charge in [-0.2, -0.15) is 8.78 Å². The number of aliphatic imine (C=N–C) groups is 1. The molecule has 1 N–H and O–H groups in total. The zero-order valence-corrected chi connectivity index (χ0v) is 17.0. The smallest absolute Gasteiger partial charge is 0.387 e. The third-order valence-corrected chi connectivity index (χ3v) is 5.21. The highest BCUT2D eigenvalue weighted by atomic mass is 32.2. The summed E-state index contributed by atoms with van der Waals surface area (Å²) in [6.07, 6.45) is 1.85. The molecule has 0 amide bonds. The number of nitrogens with zero attached hydrogens (tertiary/aromatic N) is 3. The lowest BCUT2D eigenvalue weighted by Gasteiger charge is -2.23. The molecule has 0 saturated heterocycles. The van der Waals surface area contributed by atoms with Gasteiger partial charge in [0, 0.05) is 40.3 Å². The molecule has 0 radical (unpaired) electrons. The van der Waals surface area contributed by atoms with Gasteiger partial charge >= 0.3 is 6.61 Å². The molecule has 1 aromatic rings. The van der Waals surface area contributed by atoms with E-state index >= 15 is 0 Å². The maximum Gasteiger partial charge on any atom is 0.387 e. The minimum absolute atomic E-state index is 0.116. The fourth-order valence-electron chi connectivity index (χ4n) is 2.52. The van der Waals surface area contributed by atoms with E-state index in [1.165, 1.54) is 22.7 Å². The average molecular weight is 406 g/mol. The average Bonchev–Trinajstić information content (AvgIpc) is 2.58. The number of hydrogen-bond acceptors (Lipinski definition) is 4. The summed E-state index contributed by atoms with van der Waals surface area (Å²) in [4.78, 5) is 6.09. The Morgan fingerprint density at radius 1 is 1.30 bits per heavy atom. The number of guanidine groups is 1. The molecule has 7 nitrogen and oxygen atoms in total. The number of benzene rings is 1. The second-order valence-electron chi connectivity index (χ2n) is 5.96. The maximum atomic E-state index is 12.2. The van der Waals surface area contributed by atoms with Crippen molar-refractivity contribution < 1.29 is 21.9 Å². The molecule has 0 bridgehead atoms. The Hall–Kier alpha value is -1.94. The van der Waals surface area contributed by atoms with E-state index in [1.807, 2.05) is 11.9 Å². The largest absolute Gasteiger partial charge is 0.435 e. The lowest BCUT2D eigenvalue weighted by Crippen LogP contribution is -2.40. The topological polar surface area (TPSA) is 74.2 Å². The van der Waals surface area contributed by atoms with Gasteiger partial charge < -0.3 is 15.0 Å². The van der Waals surface area contributed by atoms with E-state index in [4.69, 9.17) is 0 Å². The predicted molar refractivity (Wildman–Crippen MR) is 103 cm³/mol. The maximum absolute atomic E-state index is 12.2. The van der Waals surface area contributed by atoms with Crippen molar-refractivity contribution >= 4 is 16.0 Å². The van der Waals surface area contributed by atoms with Gasteiger partial charge in [0.15, 0.2) is 5.96 Å². The Labute approximate surface area is 160 Å². The molecule has 0 aliphatic carbocycles. The zero-order chi connectivity index (χ0) is 20.4. The highest BCUT2D eigenvalue weighted by molar-refractivity contribution is 7.88. The van der Waals surface area contributed by atoms with Crippen LogP contribution >= 0.6 is 0 Å². The van der Waals surface area contributed by atoms with Crippen molar-refractivity contribution in [3.05, 3.63) is 29.8 Å². The highest BCUT2D eigenvalue weighted by Crippen LogP contribution is 2.15. The summed E-state index contributed by atoms with van der Waals surface area (Å²) in [5.41, 5.74) is 0.913. The van der Waals surface area contributed by atoms with Crippen molar-refractivity contribution in [3.63, 3.8) is 0 Å². The number of ether oxygens (including phenoxy) is 1. The fraction of sp³-hybridized carbons (Fsp3) is 0.588. The van der Waals surface area contributed by atoms with E-state index in [-0.39, 0.29) is 5.75 Å². The highest BCUT2D eigenvalue weighted by Gasteiger charge is 2.14. The summed E-state index contributed by atoms with van der Waals surface area (Å²) in [6.45, 7) is 0.947. The van der Waals surface area contributed by atoms with Gasteiger partial charge in [-0.15, -0.1) is 0 Å². The second kappa shape index (κ2) is 11.0. The van der Waals surface area contributed by atoms with Gasteiger partial charge in [-0.25, -0.2) is 12.7 Å². The van der Waals surface area contributed by atoms with Gasteiger partial charge in [0.2, 0.25) is 10.0 Å². The van der Waals surface area contributed by atoms with Crippen molar-refractivity contribution in [1.29, 1.82) is 0 Å². The van der Waals surface area contributed by atoms with Crippen LogP contribution in [0.25, 0.3) is 0 Å². The van der Waals surface area contributed by atoms with E-state index in [1.54, 1.807) is 26.1 Å². The molecule has 0 aliphatic heterocycles. The molecular weight excluding hydrogens is 378 g/mol. The minimum atomic E-state index is -3.18. The van der Waals surface area contributed by atoms with Crippen molar-refractivity contribution in [2.24, 2.45) is 4.99 Å². The summed E-state index contributed by atoms with van der Waals surface area (Å²) in [6, 6.07) is 6.42. The Morgan fingerprint density at radius 2 is 1.93 bits per heavy atom. The van der Waals surface area contributed by atoms with Crippen molar-refractivity contribution in [2.75, 3.05) is 40.0 Å². The number of rotatable bonds is 10. The fourth-order valence-corrected chi connectivity index (χ4v) is 3.45. The Bertz CT molecular complexity index is 697. The lowest BCUT2D eigenvalue weighted by atomic mass is 10.2. The van der Waals surface area contributed by atoms with Crippen molar-refractivity contribution in [3.8, 4) is 5.75 Å². The first kappa shape index (κ1) is 23.1. The van der Waals surface area contributed by atoms with Crippen molar-refractivity contribution in [2.45, 2.75) is 26.5 Å². The van der Waals surface area contributed by atoms with Gasteiger partial charge in [-0.05, 0) is 24.1 Å². The summed E-state index contributed by atoms with van der Waals surface area (Å²) >= 11 is 0. The standard InChI is InChI=1S/C17H28F2N4O3S/c1-5-23(27(4,24)25)12-6-11-21-17(20-2)22(3)13-14-7-9-15(10-8-14)26-16(18)19/h7-10,16H,5-6,11-13H2,1-4H3,(H,20,21). The van der Waals surface area contributed by atoms with Crippen LogP contribution in [-0.2, 0) is 16.6 Å². The van der Waals surface area contributed by atoms with Crippen LogP contribution < -0.4 is 10.1 Å². The van der Waals surface area contributed by atoms with Gasteiger partial charge in [-0.3, -0.25) is 4.99 Å². The third kappa shape index (κ3) is 8.53. The van der Waals surface area contributed by atoms with Crippen LogP contribution in [0.3, 0.4) is 0 Å². The molecule has 0 aliphatic rings. The van der Waals surface area contributed by atoms with Crippen LogP contribution in [0.4, 0.5) is 8.78 Å². The number of halogens is 2. The number of nitrogens with one attached hydrogen (secondary N) is 1. The molecule has 10 heteroatoms. The molecule has 1 rings (SSSR count). The Kier molecular flexibility index (Phi) is 9.44. The zero-order valence-electron chi connectivity index (χ0n) is 16.2. The van der Waals surface area contributed by atoms with E-state index in [0.29, 0.717) is 38.6 Å². The van der Waals surface area contributed by atoms with Crippen LogP contribution in [0.5, 0.6) is 5.75 Å². The quantitative estimate of drug-likeness (QED) is 0.365. The monoisotopic (exact) mass is 406 g/mol. The van der Waals surface area contributed by atoms with E-state index in [0.717, 1.165) is 5.56 Å². The van der Waals surface area contributed by atoms with Crippen LogP contribution in [0.2, 0.25) is 0 Å². The normalized spacial score (nSPS) is 12.5. The molecule has 0 unspecified atom stereocenters. The van der Waals surface area contributed by atoms with E-state index in [9.17, 15) is 17.2 Å². The van der Waals surface area contributed by atoms with E-state index in [2.05, 4.69) is 15.0 Å². The van der Waals surface area contributed by atoms with Crippen LogP contribution in [0.1, 0.15) is 18.9 Å². The van der Waals surface area contributed by atoms with Crippen LogP contribution in [-0.4, -0.2) is 70.2 Å². The molecule has 0 atom stereocenters. The SMILES string of the molecule is CCN(CCCNC(=NC)N(C)Cc1ccc(OC(F)F)cc1)S(C)(=O)=O. The molecule has 0 spiro atoms. The van der Waals surface area contributed by atoms with Gasteiger partial charge in [-0.1, -0.05) is 19.1 Å². The van der Waals surface area contributed by atoms with Gasteiger partial charge in [0.25, 0.3) is 0 Å². The molecular formula is C17H28F2N4O3S. The van der Waals surface area contributed by atoms with Crippen LogP contribution in [0.15, 0.2) is 29.3 Å². The second-order valence-corrected chi connectivity index (χ2v) is 7.94. The number of alkyl halides is 2. The molecule has 27 heavy (non-hydrogen) atoms. The summed E-state index contributed by atoms with van der Waals surface area (Å²) in [5.74, 6) is 0.774. The predicted octanol–water partition coefficient (Wildman–Crippen LogP) is 1.97. The molecule has 0 fully saturated rings. The minimum Gasteiger partial charge on any atom is -0.435 e. The molecule has 154 valence electrons. The van der Waals surface area contributed by atoms with Crippen molar-refractivity contribution in [1.82, 2.24) is 14.5 Å². The summed E-state index contributed by atoms with van der Waals surface area (Å²) in [7, 11) is 0.333. The first-order valence-corrected chi connectivity index (χ1v) is 10.4. The first-order chi connectivity index (χ1) is 12.7. The Morgan fingerprint density at radius 3 is 2.41 bits per heavy atom. The number of sulfonamides is 1. The first-order valence-electron chi connectivity index (χ1n) is 8.58. The van der Waals surface area contributed by atoms with Crippen LogP contribution in [0, 0.1) is 0 Å². The summed E-state index contributed by atoms with van der Waals surface area (Å²) < 4.78 is 53.2.